The van der Waals surface area contributed by atoms with Gasteiger partial charge < -0.3 is 14.8 Å². The second kappa shape index (κ2) is 8.32. The van der Waals surface area contributed by atoms with E-state index in [0.29, 0.717) is 36.9 Å². The van der Waals surface area contributed by atoms with Crippen LogP contribution in [0.5, 0.6) is 5.75 Å². The lowest BCUT2D eigenvalue weighted by molar-refractivity contribution is -0.117. The number of carbonyl (C=O) groups excluding carboxylic acids is 2. The highest BCUT2D eigenvalue weighted by atomic mass is 32.1. The first-order valence-corrected chi connectivity index (χ1v) is 10.5. The Morgan fingerprint density at radius 1 is 1.29 bits per heavy atom. The van der Waals surface area contributed by atoms with E-state index in [1.165, 1.54) is 16.2 Å². The zero-order chi connectivity index (χ0) is 19.5. The molecular formula is C21H24N2O4S. The van der Waals surface area contributed by atoms with Crippen LogP contribution >= 0.6 is 11.3 Å². The molecule has 148 valence electrons. The van der Waals surface area contributed by atoms with Gasteiger partial charge in [0, 0.05) is 23.5 Å². The molecular weight excluding hydrogens is 376 g/mol. The molecule has 2 aliphatic rings. The number of benzene rings is 1. The molecule has 1 aliphatic heterocycles. The number of hydrogen-bond donors (Lipinski definition) is 1. The monoisotopic (exact) mass is 400 g/mol. The van der Waals surface area contributed by atoms with Crippen LogP contribution in [-0.4, -0.2) is 43.1 Å². The predicted molar refractivity (Wildman–Crippen MR) is 108 cm³/mol. The van der Waals surface area contributed by atoms with Crippen molar-refractivity contribution in [3.63, 3.8) is 0 Å². The third-order valence-corrected chi connectivity index (χ3v) is 6.26. The highest BCUT2D eigenvalue weighted by molar-refractivity contribution is 7.17. The normalized spacial score (nSPS) is 15.9. The van der Waals surface area contributed by atoms with Gasteiger partial charge in [0.25, 0.3) is 0 Å². The van der Waals surface area contributed by atoms with Crippen molar-refractivity contribution < 1.29 is 19.1 Å². The van der Waals surface area contributed by atoms with Crippen LogP contribution in [-0.2, 0) is 28.9 Å². The quantitative estimate of drug-likeness (QED) is 0.781. The van der Waals surface area contributed by atoms with Gasteiger partial charge in [0.15, 0.2) is 0 Å². The minimum Gasteiger partial charge on any atom is -0.492 e. The van der Waals surface area contributed by atoms with Crippen LogP contribution in [0.25, 0.3) is 0 Å². The van der Waals surface area contributed by atoms with E-state index in [1.54, 1.807) is 6.92 Å². The molecule has 2 heterocycles. The van der Waals surface area contributed by atoms with Gasteiger partial charge in [-0.25, -0.2) is 4.79 Å². The summed E-state index contributed by atoms with van der Waals surface area (Å²) in [6.07, 6.45) is 2.88. The zero-order valence-corrected chi connectivity index (χ0v) is 16.8. The van der Waals surface area contributed by atoms with Crippen LogP contribution in [0.4, 0.5) is 5.00 Å². The number of nitrogens with one attached hydrogen (secondary N) is 1. The van der Waals surface area contributed by atoms with Crippen molar-refractivity contribution in [2.75, 3.05) is 31.6 Å². The van der Waals surface area contributed by atoms with E-state index in [2.05, 4.69) is 10.2 Å². The molecule has 1 aliphatic carbocycles. The molecule has 0 saturated heterocycles. The zero-order valence-electron chi connectivity index (χ0n) is 16.0. The molecule has 0 bridgehead atoms. The van der Waals surface area contributed by atoms with Gasteiger partial charge in [-0.1, -0.05) is 18.2 Å². The number of rotatable bonds is 5. The van der Waals surface area contributed by atoms with Crippen LogP contribution in [0, 0.1) is 0 Å². The lowest BCUT2D eigenvalue weighted by Gasteiger charge is -2.18. The number of carbonyl (C=O) groups is 2. The molecule has 1 aromatic carbocycles. The van der Waals surface area contributed by atoms with Crippen molar-refractivity contribution in [3.05, 3.63) is 45.8 Å². The summed E-state index contributed by atoms with van der Waals surface area (Å²) in [5.74, 6) is 0.420. The molecule has 2 aromatic rings. The third-order valence-electron chi connectivity index (χ3n) is 5.05. The van der Waals surface area contributed by atoms with Crippen molar-refractivity contribution in [3.8, 4) is 5.75 Å². The Balaban J connectivity index is 1.46. The Morgan fingerprint density at radius 2 is 2.14 bits per heavy atom. The molecule has 1 amide bonds. The smallest absolute Gasteiger partial charge is 0.341 e. The van der Waals surface area contributed by atoms with E-state index in [4.69, 9.17) is 9.47 Å². The van der Waals surface area contributed by atoms with E-state index in [0.717, 1.165) is 36.1 Å². The Morgan fingerprint density at radius 3 is 3.00 bits per heavy atom. The summed E-state index contributed by atoms with van der Waals surface area (Å²) < 4.78 is 11.0. The summed E-state index contributed by atoms with van der Waals surface area (Å²) in [4.78, 5) is 28.4. The first kappa shape index (κ1) is 19.0. The summed E-state index contributed by atoms with van der Waals surface area (Å²) in [5, 5.41) is 3.59. The Bertz CT molecular complexity index is 893. The number of nitrogens with zero attached hydrogens (tertiary/aromatic N) is 1. The fourth-order valence-corrected chi connectivity index (χ4v) is 5.09. The second-order valence-electron chi connectivity index (χ2n) is 7.00. The number of fused-ring (bicyclic) bond motifs is 2. The minimum absolute atomic E-state index is 0.121. The van der Waals surface area contributed by atoms with Crippen LogP contribution in [0.1, 0.15) is 39.7 Å². The molecule has 0 unspecified atom stereocenters. The lowest BCUT2D eigenvalue weighted by atomic mass is 10.1. The van der Waals surface area contributed by atoms with Gasteiger partial charge in [0.2, 0.25) is 5.91 Å². The Kier molecular flexibility index (Phi) is 5.64. The summed E-state index contributed by atoms with van der Waals surface area (Å²) >= 11 is 1.51. The van der Waals surface area contributed by atoms with Gasteiger partial charge in [-0.2, -0.15) is 0 Å². The first-order chi connectivity index (χ1) is 13.7. The van der Waals surface area contributed by atoms with Crippen molar-refractivity contribution in [1.82, 2.24) is 4.90 Å². The number of aryl methyl sites for hydroxylation is 1. The average Bonchev–Trinajstić information content (AvgIpc) is 3.16. The number of anilines is 1. The maximum Gasteiger partial charge on any atom is 0.341 e. The fourth-order valence-electron chi connectivity index (χ4n) is 3.80. The standard InChI is InChI=1S/C21H24N2O4S/c1-2-26-21(25)19-15-7-5-9-17(15)28-20(19)22-18(24)13-23-10-11-27-16-8-4-3-6-14(16)12-23/h3-4,6,8H,2,5,7,9-13H2,1H3,(H,22,24). The molecule has 7 heteroatoms. The first-order valence-electron chi connectivity index (χ1n) is 9.70. The van der Waals surface area contributed by atoms with E-state index in [9.17, 15) is 9.59 Å². The fraction of sp³-hybridized carbons (Fsp3) is 0.429. The topological polar surface area (TPSA) is 67.9 Å². The SMILES string of the molecule is CCOC(=O)c1c(NC(=O)CN2CCOc3ccccc3C2)sc2c1CCC2. The molecule has 0 saturated carbocycles. The second-order valence-corrected chi connectivity index (χ2v) is 8.10. The molecule has 28 heavy (non-hydrogen) atoms. The van der Waals surface area contributed by atoms with Crippen LogP contribution in [0.2, 0.25) is 0 Å². The molecule has 0 fully saturated rings. The number of ether oxygens (including phenoxy) is 2. The predicted octanol–water partition coefficient (Wildman–Crippen LogP) is 3.25. The van der Waals surface area contributed by atoms with Crippen molar-refractivity contribution in [1.29, 1.82) is 0 Å². The largest absolute Gasteiger partial charge is 0.492 e. The van der Waals surface area contributed by atoms with E-state index in [1.807, 2.05) is 24.3 Å². The minimum atomic E-state index is -0.339. The summed E-state index contributed by atoms with van der Waals surface area (Å²) in [7, 11) is 0. The molecule has 0 atom stereocenters. The number of esters is 1. The average molecular weight is 401 g/mol. The molecule has 0 spiro atoms. The van der Waals surface area contributed by atoms with Gasteiger partial charge in [-0.15, -0.1) is 11.3 Å². The van der Waals surface area contributed by atoms with Gasteiger partial charge in [0.1, 0.15) is 17.4 Å². The molecule has 1 N–H and O–H groups in total. The number of hydrogen-bond acceptors (Lipinski definition) is 6. The molecule has 1 aromatic heterocycles. The molecule has 6 nitrogen and oxygen atoms in total. The van der Waals surface area contributed by atoms with Crippen molar-refractivity contribution >= 4 is 28.2 Å². The van der Waals surface area contributed by atoms with Gasteiger partial charge in [0.05, 0.1) is 18.7 Å². The molecule has 0 radical (unpaired) electrons. The summed E-state index contributed by atoms with van der Waals surface area (Å²) in [5.41, 5.74) is 2.68. The highest BCUT2D eigenvalue weighted by Crippen LogP contribution is 2.39. The maximum absolute atomic E-state index is 12.7. The van der Waals surface area contributed by atoms with Gasteiger partial charge >= 0.3 is 5.97 Å². The Hall–Kier alpha value is -2.38. The van der Waals surface area contributed by atoms with E-state index in [-0.39, 0.29) is 18.4 Å². The molecule has 4 rings (SSSR count). The van der Waals surface area contributed by atoms with Gasteiger partial charge in [-0.3, -0.25) is 9.69 Å². The number of thiophene rings is 1. The van der Waals surface area contributed by atoms with E-state index >= 15 is 0 Å². The van der Waals surface area contributed by atoms with Crippen LogP contribution < -0.4 is 10.1 Å². The van der Waals surface area contributed by atoms with Crippen LogP contribution in [0.3, 0.4) is 0 Å². The number of para-hydroxylation sites is 1. The summed E-state index contributed by atoms with van der Waals surface area (Å²) in [6.45, 7) is 4.25. The number of amides is 1. The highest BCUT2D eigenvalue weighted by Gasteiger charge is 2.28. The Labute approximate surface area is 168 Å². The van der Waals surface area contributed by atoms with Crippen molar-refractivity contribution in [2.45, 2.75) is 32.7 Å². The lowest BCUT2D eigenvalue weighted by Crippen LogP contribution is -2.34. The summed E-state index contributed by atoms with van der Waals surface area (Å²) in [6, 6.07) is 7.91. The van der Waals surface area contributed by atoms with E-state index < -0.39 is 0 Å². The third kappa shape index (κ3) is 3.91. The van der Waals surface area contributed by atoms with Crippen molar-refractivity contribution in [2.24, 2.45) is 0 Å². The van der Waals surface area contributed by atoms with Crippen LogP contribution in [0.15, 0.2) is 24.3 Å². The maximum atomic E-state index is 12.7. The van der Waals surface area contributed by atoms with Gasteiger partial charge in [-0.05, 0) is 37.8 Å².